The van der Waals surface area contributed by atoms with Gasteiger partial charge in [-0.05, 0) is 46.9 Å². The van der Waals surface area contributed by atoms with Gasteiger partial charge < -0.3 is 57.8 Å². The van der Waals surface area contributed by atoms with Crippen molar-refractivity contribution < 1.29 is 69.8 Å². The molecule has 1 radical (unpaired) electrons. The van der Waals surface area contributed by atoms with Crippen LogP contribution in [0.4, 0.5) is 0 Å². The van der Waals surface area contributed by atoms with Crippen LogP contribution in [0.25, 0.3) is 0 Å². The Morgan fingerprint density at radius 3 is 1.22 bits per heavy atom. The fraction of sp³-hybridized carbons (Fsp3) is 0.444. The van der Waals surface area contributed by atoms with E-state index in [1.807, 2.05) is 0 Å². The summed E-state index contributed by atoms with van der Waals surface area (Å²) in [5, 5.41) is 0. The number of nitrogens with zero attached hydrogens (tertiary/aromatic N) is 2. The molecule has 1 aliphatic rings. The van der Waals surface area contributed by atoms with Crippen molar-refractivity contribution in [1.29, 1.82) is 0 Å². The Bertz CT molecular complexity index is 819. The van der Waals surface area contributed by atoms with Crippen LogP contribution in [0.15, 0.2) is 60.9 Å². The average Bonchev–Trinajstić information content (AvgIpc) is 3.05. The van der Waals surface area contributed by atoms with Gasteiger partial charge in [0.15, 0.2) is 0 Å². The summed E-state index contributed by atoms with van der Waals surface area (Å²) in [6.07, 6.45) is 4.50. The molecule has 0 bridgehead atoms. The molecule has 0 saturated carbocycles. The molecular weight excluding hydrogens is 713 g/mol. The minimum absolute atomic E-state index is 0. The molecule has 0 amide bonds. The first-order valence-electron chi connectivity index (χ1n) is 10.7. The first-order valence-corrected chi connectivity index (χ1v) is 10.7. The molecule has 0 aromatic heterocycles. The summed E-state index contributed by atoms with van der Waals surface area (Å²) in [5.74, 6) is 0. The van der Waals surface area contributed by atoms with Crippen LogP contribution in [0.2, 0.25) is 0 Å². The van der Waals surface area contributed by atoms with E-state index in [0.717, 1.165) is 0 Å². The van der Waals surface area contributed by atoms with Crippen molar-refractivity contribution in [2.45, 2.75) is 67.5 Å². The number of benzene rings is 2. The monoisotopic (exact) mass is 751 g/mol. The molecule has 5 heteroatoms. The Morgan fingerprint density at radius 1 is 0.625 bits per heavy atom. The van der Waals surface area contributed by atoms with E-state index < -0.39 is 0 Å². The fourth-order valence-corrected chi connectivity index (χ4v) is 4.63. The molecule has 0 aliphatic carbocycles. The van der Waals surface area contributed by atoms with Crippen LogP contribution < -0.4 is 48.0 Å². The summed E-state index contributed by atoms with van der Waals surface area (Å²) in [6, 6.07) is 18.1. The third kappa shape index (κ3) is 7.20. The summed E-state index contributed by atoms with van der Waals surface area (Å²) in [5.41, 5.74) is 5.68. The van der Waals surface area contributed by atoms with E-state index in [0.29, 0.717) is 0 Å². The van der Waals surface area contributed by atoms with Gasteiger partial charge in [-0.25, -0.2) is 0 Å². The van der Waals surface area contributed by atoms with Crippen molar-refractivity contribution in [1.82, 2.24) is 9.80 Å². The molecule has 1 aliphatic heterocycles. The van der Waals surface area contributed by atoms with E-state index in [-0.39, 0.29) is 92.7 Å². The van der Waals surface area contributed by atoms with Crippen molar-refractivity contribution in [2.75, 3.05) is 0 Å². The summed E-state index contributed by atoms with van der Waals surface area (Å²) in [6.45, 7) is 20.7. The van der Waals surface area contributed by atoms with Crippen LogP contribution in [-0.2, 0) is 20.4 Å². The van der Waals surface area contributed by atoms with Crippen molar-refractivity contribution in [3.63, 3.8) is 0 Å². The summed E-state index contributed by atoms with van der Waals surface area (Å²) in [7, 11) is 0. The Labute approximate surface area is 245 Å². The Balaban J connectivity index is 0. The van der Waals surface area contributed by atoms with E-state index in [2.05, 4.69) is 133 Å². The third-order valence-corrected chi connectivity index (χ3v) is 5.88. The zero-order chi connectivity index (χ0) is 21.4. The smallest absolute Gasteiger partial charge is 1.00 e. The molecule has 181 valence electrons. The van der Waals surface area contributed by atoms with Gasteiger partial charge in [0.1, 0.15) is 6.67 Å². The summed E-state index contributed by atoms with van der Waals surface area (Å²) in [4.78, 5) is 4.80. The number of aryl methyl sites for hydroxylation is 2. The molecule has 0 spiro atoms. The predicted octanol–water partition coefficient (Wildman–Crippen LogP) is 1.64. The summed E-state index contributed by atoms with van der Waals surface area (Å²) >= 11 is 0. The van der Waals surface area contributed by atoms with Crippen LogP contribution in [0.5, 0.6) is 0 Å². The number of halogens is 2. The molecule has 2 atom stereocenters. The van der Waals surface area contributed by atoms with Gasteiger partial charge in [0, 0.05) is 13.8 Å². The van der Waals surface area contributed by atoms with Gasteiger partial charge in [-0.3, -0.25) is 0 Å². The van der Waals surface area contributed by atoms with E-state index in [1.165, 1.54) is 22.3 Å². The van der Waals surface area contributed by atoms with Gasteiger partial charge in [0.05, 0.1) is 12.1 Å². The minimum Gasteiger partial charge on any atom is -1.00 e. The van der Waals surface area contributed by atoms with Crippen molar-refractivity contribution in [3.8, 4) is 0 Å². The van der Waals surface area contributed by atoms with E-state index in [1.54, 1.807) is 0 Å². The molecule has 2 aromatic carbocycles. The van der Waals surface area contributed by atoms with Gasteiger partial charge in [-0.2, -0.15) is 0 Å². The van der Waals surface area contributed by atoms with Gasteiger partial charge in [-0.15, -0.1) is 0 Å². The molecule has 3 rings (SSSR count). The number of hydrogen-bond donors (Lipinski definition) is 0. The third-order valence-electron chi connectivity index (χ3n) is 5.88. The molecule has 0 unspecified atom stereocenters. The molecule has 1 heterocycles. The zero-order valence-electron chi connectivity index (χ0n) is 20.5. The van der Waals surface area contributed by atoms with Gasteiger partial charge in [0.2, 0.25) is 0 Å². The second kappa shape index (κ2) is 12.6. The minimum atomic E-state index is 0. The number of rotatable bonds is 4. The van der Waals surface area contributed by atoms with Crippen molar-refractivity contribution in [3.05, 3.63) is 89.9 Å². The fourth-order valence-electron chi connectivity index (χ4n) is 4.63. The molecule has 0 fully saturated rings. The first kappa shape index (κ1) is 31.9. The van der Waals surface area contributed by atoms with Crippen molar-refractivity contribution in [2.24, 2.45) is 10.8 Å². The second-order valence-electron chi connectivity index (χ2n) is 10.6. The van der Waals surface area contributed by atoms with Gasteiger partial charge >= 0.3 is 20.4 Å². The molecule has 2 nitrogen and oxygen atoms in total. The Kier molecular flexibility index (Phi) is 12.5. The van der Waals surface area contributed by atoms with Crippen LogP contribution in [0.1, 0.15) is 77.3 Å². The Hall–Kier alpha value is -0.0977. The van der Waals surface area contributed by atoms with Crippen molar-refractivity contribution >= 4 is 0 Å². The quantitative estimate of drug-likeness (QED) is 0.347. The average molecular weight is 752 g/mol. The van der Waals surface area contributed by atoms with Gasteiger partial charge in [0.25, 0.3) is 0 Å². The Morgan fingerprint density at radius 2 is 0.938 bits per heavy atom. The molecule has 0 saturated heterocycles. The van der Waals surface area contributed by atoms with Gasteiger partial charge in [-0.1, -0.05) is 90.1 Å². The molecule has 32 heavy (non-hydrogen) atoms. The predicted molar refractivity (Wildman–Crippen MR) is 126 cm³/mol. The first-order chi connectivity index (χ1) is 13.5. The topological polar surface area (TPSA) is 6.48 Å². The SMILES string of the molecule is Cc1ccccc1[C@@H](N1[CH]N([C@H](c2ccccc2C)C(C)(C)C)C=C1)C(C)(C)C.[HH].[I-].[I-].[Pd+2]. The standard InChI is InChI=1S/C27H37N2.2HI.Pd.H2/c1-20-13-9-11-15-22(20)24(26(3,4)5)28-17-18-29(19-28)25(27(6,7)8)23-16-12-10-14-21(23)2;;;;/h9-19,24-25H,1-8H3;2*1H;;1H/q;;;+2;/p-2/t24-,25-;;;;/m1..../s1. The van der Waals surface area contributed by atoms with E-state index >= 15 is 0 Å². The maximum absolute atomic E-state index is 2.40. The van der Waals surface area contributed by atoms with Crippen LogP contribution in [-0.4, -0.2) is 9.80 Å². The van der Waals surface area contributed by atoms with E-state index in [9.17, 15) is 0 Å². The van der Waals surface area contributed by atoms with Crippen LogP contribution in [0, 0.1) is 31.3 Å². The maximum atomic E-state index is 2.40. The van der Waals surface area contributed by atoms with Crippen LogP contribution in [0.3, 0.4) is 0 Å². The normalized spacial score (nSPS) is 15.4. The largest absolute Gasteiger partial charge is 2.00 e. The maximum Gasteiger partial charge on any atom is 2.00 e. The number of hydrogen-bond acceptors (Lipinski definition) is 2. The summed E-state index contributed by atoms with van der Waals surface area (Å²) < 4.78 is 0. The second-order valence-corrected chi connectivity index (χ2v) is 10.6. The van der Waals surface area contributed by atoms with Crippen LogP contribution >= 0.6 is 0 Å². The zero-order valence-corrected chi connectivity index (χ0v) is 26.3. The van der Waals surface area contributed by atoms with E-state index in [4.69, 9.17) is 0 Å². The molecule has 2 aromatic rings. The molecular formula is C27H39I2N2Pd. The molecule has 0 N–H and O–H groups in total.